The topological polar surface area (TPSA) is 77.2 Å². The number of nitrogens with zero attached hydrogens (tertiary/aromatic N) is 4. The first-order valence-corrected chi connectivity index (χ1v) is 12.5. The van der Waals surface area contributed by atoms with Gasteiger partial charge in [0.2, 0.25) is 0 Å². The first-order chi connectivity index (χ1) is 14.1. The number of carbonyl (C=O) groups is 1. The molecule has 2 aliphatic rings. The van der Waals surface area contributed by atoms with Gasteiger partial charge in [0.15, 0.2) is 15.6 Å². The van der Waals surface area contributed by atoms with Crippen molar-refractivity contribution in [3.63, 3.8) is 0 Å². The van der Waals surface area contributed by atoms with Gasteiger partial charge in [-0.15, -0.1) is 0 Å². The number of ketones is 1. The molecule has 164 valence electrons. The van der Waals surface area contributed by atoms with Crippen LogP contribution in [-0.2, 0) is 16.4 Å². The van der Waals surface area contributed by atoms with E-state index < -0.39 is 9.84 Å². The fourth-order valence-electron chi connectivity index (χ4n) is 4.86. The monoisotopic (exact) mass is 432 g/mol. The Labute approximate surface area is 179 Å². The van der Waals surface area contributed by atoms with Crippen LogP contribution in [0.15, 0.2) is 6.07 Å². The number of Topliss-reactive ketones (excluding diaryl/α,β-unsaturated/α-hetero) is 1. The smallest absolute Gasteiger partial charge is 0.178 e. The van der Waals surface area contributed by atoms with E-state index in [4.69, 9.17) is 0 Å². The van der Waals surface area contributed by atoms with Gasteiger partial charge in [0.25, 0.3) is 0 Å². The van der Waals surface area contributed by atoms with E-state index in [9.17, 15) is 13.2 Å². The summed E-state index contributed by atoms with van der Waals surface area (Å²) >= 11 is 0. The largest absolute Gasteiger partial charge is 0.345 e. The molecule has 7 nitrogen and oxygen atoms in total. The number of sulfone groups is 1. The van der Waals surface area contributed by atoms with E-state index in [-0.39, 0.29) is 23.3 Å². The molecule has 0 radical (unpaired) electrons. The minimum Gasteiger partial charge on any atom is -0.345 e. The Morgan fingerprint density at radius 2 is 1.83 bits per heavy atom. The molecule has 1 atom stereocenters. The van der Waals surface area contributed by atoms with Gasteiger partial charge in [-0.1, -0.05) is 0 Å². The predicted octanol–water partition coefficient (Wildman–Crippen LogP) is 2.93. The van der Waals surface area contributed by atoms with Crippen molar-refractivity contribution < 1.29 is 13.2 Å². The lowest BCUT2D eigenvalue weighted by molar-refractivity contribution is 0.0942. The maximum Gasteiger partial charge on any atom is 0.178 e. The summed E-state index contributed by atoms with van der Waals surface area (Å²) in [7, 11) is -1.01. The van der Waals surface area contributed by atoms with Gasteiger partial charge in [0.1, 0.15) is 0 Å². The highest BCUT2D eigenvalue weighted by molar-refractivity contribution is 7.91. The molecule has 0 amide bonds. The summed E-state index contributed by atoms with van der Waals surface area (Å²) in [6, 6.07) is 2.51. The number of aromatic nitrogens is 3. The molecule has 3 heterocycles. The third kappa shape index (κ3) is 3.99. The van der Waals surface area contributed by atoms with Crippen molar-refractivity contribution in [2.24, 2.45) is 0 Å². The lowest BCUT2D eigenvalue weighted by Crippen LogP contribution is -2.26. The summed E-state index contributed by atoms with van der Waals surface area (Å²) in [6.07, 6.45) is 3.03. The molecule has 1 aliphatic carbocycles. The summed E-state index contributed by atoms with van der Waals surface area (Å²) in [5, 5.41) is 4.64. The second-order valence-electron chi connectivity index (χ2n) is 9.13. The summed E-state index contributed by atoms with van der Waals surface area (Å²) in [5.41, 5.74) is 6.06. The van der Waals surface area contributed by atoms with Gasteiger partial charge < -0.3 is 4.57 Å². The summed E-state index contributed by atoms with van der Waals surface area (Å²) in [4.78, 5) is 15.0. The van der Waals surface area contributed by atoms with Crippen LogP contribution in [0.1, 0.15) is 70.0 Å². The van der Waals surface area contributed by atoms with Gasteiger partial charge in [0, 0.05) is 40.8 Å². The molecule has 1 unspecified atom stereocenters. The molecule has 2 aromatic rings. The summed E-state index contributed by atoms with van der Waals surface area (Å²) < 4.78 is 27.9. The Bertz CT molecular complexity index is 1090. The zero-order valence-electron chi connectivity index (χ0n) is 18.6. The zero-order valence-corrected chi connectivity index (χ0v) is 19.4. The quantitative estimate of drug-likeness (QED) is 0.629. The average molecular weight is 433 g/mol. The van der Waals surface area contributed by atoms with Gasteiger partial charge in [0.05, 0.1) is 29.8 Å². The molecular formula is C22H32N4O3S. The van der Waals surface area contributed by atoms with E-state index >= 15 is 0 Å². The van der Waals surface area contributed by atoms with Crippen molar-refractivity contribution in [2.45, 2.75) is 65.6 Å². The Balaban J connectivity index is 1.46. The Morgan fingerprint density at radius 1 is 1.13 bits per heavy atom. The average Bonchev–Trinajstić information content (AvgIpc) is 3.28. The predicted molar refractivity (Wildman–Crippen MR) is 117 cm³/mol. The van der Waals surface area contributed by atoms with E-state index in [1.807, 2.05) is 43.5 Å². The molecule has 8 heteroatoms. The number of rotatable bonds is 7. The molecule has 4 rings (SSSR count). The Hall–Kier alpha value is -1.93. The van der Waals surface area contributed by atoms with E-state index in [0.29, 0.717) is 25.6 Å². The number of likely N-dealkylation sites (N-methyl/N-ethyl adjacent to an activating group) is 1. The van der Waals surface area contributed by atoms with Crippen molar-refractivity contribution in [1.29, 1.82) is 0 Å². The highest BCUT2D eigenvalue weighted by Gasteiger charge is 2.32. The molecule has 2 aromatic heterocycles. The zero-order chi connectivity index (χ0) is 21.8. The highest BCUT2D eigenvalue weighted by Crippen LogP contribution is 2.38. The standard InChI is InChI=1S/C22H32N4O3S/c1-14-10-20(16(3)25(14)18-6-7-18)22(27)12-24(5)11-21-15(2)23-26(17(21)4)19-8-9-30(28,29)13-19/h10,18-19H,6-9,11-13H2,1-5H3. The summed E-state index contributed by atoms with van der Waals surface area (Å²) in [5.74, 6) is 0.542. The number of aryl methyl sites for hydroxylation is 2. The van der Waals surface area contributed by atoms with Gasteiger partial charge in [-0.2, -0.15) is 5.10 Å². The molecule has 0 bridgehead atoms. The minimum absolute atomic E-state index is 0.0813. The molecule has 30 heavy (non-hydrogen) atoms. The van der Waals surface area contributed by atoms with E-state index in [2.05, 4.69) is 16.6 Å². The lowest BCUT2D eigenvalue weighted by Gasteiger charge is -2.17. The molecule has 0 spiro atoms. The molecule has 1 saturated carbocycles. The first kappa shape index (κ1) is 21.3. The van der Waals surface area contributed by atoms with Crippen LogP contribution in [0.2, 0.25) is 0 Å². The van der Waals surface area contributed by atoms with Crippen molar-refractivity contribution in [1.82, 2.24) is 19.2 Å². The number of hydrogen-bond acceptors (Lipinski definition) is 5. The first-order valence-electron chi connectivity index (χ1n) is 10.7. The van der Waals surface area contributed by atoms with Crippen molar-refractivity contribution in [2.75, 3.05) is 25.1 Å². The SMILES string of the molecule is Cc1nn(C2CCS(=O)(=O)C2)c(C)c1CN(C)CC(=O)c1cc(C)n(C2CC2)c1C. The second kappa shape index (κ2) is 7.64. The molecule has 0 N–H and O–H groups in total. The van der Waals surface area contributed by atoms with E-state index in [1.165, 1.54) is 18.5 Å². The van der Waals surface area contributed by atoms with Crippen LogP contribution in [0.4, 0.5) is 0 Å². The van der Waals surface area contributed by atoms with E-state index in [1.54, 1.807) is 0 Å². The van der Waals surface area contributed by atoms with Crippen LogP contribution in [-0.4, -0.2) is 58.5 Å². The van der Waals surface area contributed by atoms with E-state index in [0.717, 1.165) is 28.2 Å². The Morgan fingerprint density at radius 3 is 2.43 bits per heavy atom. The van der Waals surface area contributed by atoms with Gasteiger partial charge in [-0.05, 0) is 60.1 Å². The fraction of sp³-hybridized carbons (Fsp3) is 0.636. The molecule has 1 aliphatic heterocycles. The maximum atomic E-state index is 13.0. The van der Waals surface area contributed by atoms with Crippen LogP contribution in [0.3, 0.4) is 0 Å². The van der Waals surface area contributed by atoms with Crippen molar-refractivity contribution in [3.05, 3.63) is 40.0 Å². The normalized spacial score (nSPS) is 20.9. The third-order valence-corrected chi connectivity index (χ3v) is 8.32. The maximum absolute atomic E-state index is 13.0. The van der Waals surface area contributed by atoms with Crippen LogP contribution < -0.4 is 0 Å². The van der Waals surface area contributed by atoms with Crippen LogP contribution in [0.25, 0.3) is 0 Å². The summed E-state index contributed by atoms with van der Waals surface area (Å²) in [6.45, 7) is 9.05. The van der Waals surface area contributed by atoms with Crippen LogP contribution in [0, 0.1) is 27.7 Å². The van der Waals surface area contributed by atoms with Gasteiger partial charge in [-0.25, -0.2) is 8.42 Å². The van der Waals surface area contributed by atoms with Gasteiger partial charge in [-0.3, -0.25) is 14.4 Å². The second-order valence-corrected chi connectivity index (χ2v) is 11.4. The van der Waals surface area contributed by atoms with Crippen molar-refractivity contribution >= 4 is 15.6 Å². The molecule has 1 saturated heterocycles. The van der Waals surface area contributed by atoms with Crippen LogP contribution >= 0.6 is 0 Å². The van der Waals surface area contributed by atoms with Crippen molar-refractivity contribution in [3.8, 4) is 0 Å². The minimum atomic E-state index is -2.96. The van der Waals surface area contributed by atoms with Crippen LogP contribution in [0.5, 0.6) is 0 Å². The fourth-order valence-corrected chi connectivity index (χ4v) is 6.55. The molecule has 0 aromatic carbocycles. The lowest BCUT2D eigenvalue weighted by atomic mass is 10.1. The number of carbonyl (C=O) groups excluding carboxylic acids is 1. The Kier molecular flexibility index (Phi) is 5.43. The number of hydrogen-bond donors (Lipinski definition) is 0. The van der Waals surface area contributed by atoms with Gasteiger partial charge >= 0.3 is 0 Å². The highest BCUT2D eigenvalue weighted by atomic mass is 32.2. The molecular weight excluding hydrogens is 400 g/mol. The third-order valence-electron chi connectivity index (χ3n) is 6.57. The molecule has 2 fully saturated rings.